The second kappa shape index (κ2) is 7.46. The van der Waals surface area contributed by atoms with E-state index in [1.807, 2.05) is 0 Å². The van der Waals surface area contributed by atoms with Gasteiger partial charge in [0.15, 0.2) is 0 Å². The van der Waals surface area contributed by atoms with Crippen LogP contribution >= 0.6 is 0 Å². The van der Waals surface area contributed by atoms with Gasteiger partial charge in [-0.1, -0.05) is 99.7 Å². The van der Waals surface area contributed by atoms with E-state index in [-0.39, 0.29) is 5.41 Å². The second-order valence-corrected chi connectivity index (χ2v) is 10.9. The first-order valence-corrected chi connectivity index (χ1v) is 13.0. The number of nitrogens with one attached hydrogen (secondary N) is 1. The third kappa shape index (κ3) is 2.94. The number of aryl methyl sites for hydroxylation is 1. The molecule has 4 aromatic rings. The molecule has 0 aromatic heterocycles. The van der Waals surface area contributed by atoms with Gasteiger partial charge in [-0.15, -0.1) is 0 Å². The van der Waals surface area contributed by atoms with Crippen LogP contribution in [0.4, 0.5) is 5.69 Å². The number of hydrogen-bond donors (Lipinski definition) is 1. The van der Waals surface area contributed by atoms with Gasteiger partial charge in [0.1, 0.15) is 0 Å². The lowest BCUT2D eigenvalue weighted by atomic mass is 9.74. The van der Waals surface area contributed by atoms with Crippen molar-refractivity contribution in [2.24, 2.45) is 5.92 Å². The van der Waals surface area contributed by atoms with Crippen LogP contribution in [0.2, 0.25) is 0 Å². The van der Waals surface area contributed by atoms with Gasteiger partial charge in [0, 0.05) is 23.7 Å². The summed E-state index contributed by atoms with van der Waals surface area (Å²) in [5.41, 5.74) is 9.99. The molecule has 1 heterocycles. The summed E-state index contributed by atoms with van der Waals surface area (Å²) in [6.07, 6.45) is 13.7. The first kappa shape index (κ1) is 20.8. The minimum absolute atomic E-state index is 0.147. The predicted octanol–water partition coefficient (Wildman–Crippen LogP) is 8.68. The lowest BCUT2D eigenvalue weighted by Gasteiger charge is -2.29. The van der Waals surface area contributed by atoms with Gasteiger partial charge in [0.05, 0.1) is 0 Å². The summed E-state index contributed by atoms with van der Waals surface area (Å²) >= 11 is 0. The van der Waals surface area contributed by atoms with Gasteiger partial charge < -0.3 is 5.32 Å². The van der Waals surface area contributed by atoms with E-state index in [0.29, 0.717) is 11.8 Å². The zero-order valence-electron chi connectivity index (χ0n) is 20.7. The van der Waals surface area contributed by atoms with Crippen LogP contribution in [-0.4, -0.2) is 0 Å². The normalized spacial score (nSPS) is 22.4. The van der Waals surface area contributed by atoms with Crippen LogP contribution in [-0.2, 0) is 18.3 Å². The molecule has 1 heteroatoms. The molecule has 3 aliphatic rings. The van der Waals surface area contributed by atoms with E-state index in [1.165, 1.54) is 60.7 Å². The van der Waals surface area contributed by atoms with Crippen molar-refractivity contribution in [3.63, 3.8) is 0 Å². The third-order valence-electron chi connectivity index (χ3n) is 8.73. The Morgan fingerprint density at radius 2 is 1.57 bits per heavy atom. The second-order valence-electron chi connectivity index (χ2n) is 10.9. The summed E-state index contributed by atoms with van der Waals surface area (Å²) in [6.45, 7) is 7.10. The topological polar surface area (TPSA) is 12.0 Å². The van der Waals surface area contributed by atoms with Crippen molar-refractivity contribution in [3.05, 3.63) is 118 Å². The van der Waals surface area contributed by atoms with E-state index in [4.69, 9.17) is 0 Å². The molecule has 172 valence electrons. The van der Waals surface area contributed by atoms with Crippen LogP contribution in [0.1, 0.15) is 54.5 Å². The minimum atomic E-state index is 0.147. The molecule has 0 bridgehead atoms. The van der Waals surface area contributed by atoms with Gasteiger partial charge >= 0.3 is 0 Å². The SMILES string of the molecule is CCc1c(/C=C2\Cc3cc4c(cc3N2)C(C)(C)C2C=CC=CC42)c2ccccc2c2ccccc12. The molecule has 0 saturated heterocycles. The van der Waals surface area contributed by atoms with Crippen molar-refractivity contribution in [1.82, 2.24) is 0 Å². The van der Waals surface area contributed by atoms with Gasteiger partial charge in [-0.2, -0.15) is 0 Å². The Morgan fingerprint density at radius 1 is 0.886 bits per heavy atom. The molecule has 4 aromatic carbocycles. The lowest BCUT2D eigenvalue weighted by molar-refractivity contribution is 0.394. The number of fused-ring (bicyclic) bond motifs is 7. The van der Waals surface area contributed by atoms with Crippen LogP contribution < -0.4 is 5.32 Å². The summed E-state index contributed by atoms with van der Waals surface area (Å²) in [5, 5.41) is 9.24. The van der Waals surface area contributed by atoms with Crippen molar-refractivity contribution in [2.45, 2.75) is 44.9 Å². The smallest absolute Gasteiger partial charge is 0.0421 e. The van der Waals surface area contributed by atoms with E-state index in [2.05, 4.69) is 117 Å². The fourth-order valence-electron chi connectivity index (χ4n) is 7.00. The molecule has 0 fully saturated rings. The zero-order valence-corrected chi connectivity index (χ0v) is 20.7. The summed E-state index contributed by atoms with van der Waals surface area (Å²) in [7, 11) is 0. The molecular weight excluding hydrogens is 422 g/mol. The first-order valence-electron chi connectivity index (χ1n) is 13.0. The Kier molecular flexibility index (Phi) is 4.42. The molecule has 0 amide bonds. The van der Waals surface area contributed by atoms with Crippen LogP contribution in [0, 0.1) is 5.92 Å². The Morgan fingerprint density at radius 3 is 2.34 bits per heavy atom. The first-order chi connectivity index (χ1) is 17.1. The highest BCUT2D eigenvalue weighted by atomic mass is 14.9. The molecule has 2 aliphatic carbocycles. The maximum Gasteiger partial charge on any atom is 0.0421 e. The van der Waals surface area contributed by atoms with Crippen molar-refractivity contribution in [1.29, 1.82) is 0 Å². The van der Waals surface area contributed by atoms with E-state index in [1.54, 1.807) is 0 Å². The van der Waals surface area contributed by atoms with E-state index in [9.17, 15) is 0 Å². The highest BCUT2D eigenvalue weighted by Crippen LogP contribution is 2.54. The predicted molar refractivity (Wildman–Crippen MR) is 150 cm³/mol. The maximum absolute atomic E-state index is 3.82. The van der Waals surface area contributed by atoms with Gasteiger partial charge in [0.2, 0.25) is 0 Å². The standard InChI is InChI=1S/C34H31N/c1-4-23-24-11-5-6-12-25(24)26-13-7-8-14-27(26)29(23)19-22-17-21-18-30-28-15-9-10-16-31(28)34(2,3)32(30)20-33(21)35-22/h5-16,18-20,28,31,35H,4,17H2,1-3H3/b22-19+. The van der Waals surface area contributed by atoms with Crippen LogP contribution in [0.3, 0.4) is 0 Å². The highest BCUT2D eigenvalue weighted by Gasteiger charge is 2.45. The monoisotopic (exact) mass is 453 g/mol. The van der Waals surface area contributed by atoms with E-state index in [0.717, 1.165) is 12.8 Å². The van der Waals surface area contributed by atoms with Crippen molar-refractivity contribution in [3.8, 4) is 0 Å². The number of hydrogen-bond acceptors (Lipinski definition) is 1. The molecule has 35 heavy (non-hydrogen) atoms. The van der Waals surface area contributed by atoms with Crippen LogP contribution in [0.25, 0.3) is 27.6 Å². The molecule has 0 saturated carbocycles. The average Bonchev–Trinajstić information content (AvgIpc) is 3.38. The van der Waals surface area contributed by atoms with Gasteiger partial charge in [0.25, 0.3) is 0 Å². The van der Waals surface area contributed by atoms with E-state index < -0.39 is 0 Å². The molecule has 7 rings (SSSR count). The molecule has 2 atom stereocenters. The largest absolute Gasteiger partial charge is 0.358 e. The number of allylic oxidation sites excluding steroid dienone is 5. The maximum atomic E-state index is 3.82. The van der Waals surface area contributed by atoms with Crippen molar-refractivity contribution >= 4 is 33.3 Å². The van der Waals surface area contributed by atoms with Crippen molar-refractivity contribution in [2.75, 3.05) is 5.32 Å². The fourth-order valence-corrected chi connectivity index (χ4v) is 7.00. The van der Waals surface area contributed by atoms with Gasteiger partial charge in [-0.05, 0) is 79.3 Å². The number of rotatable bonds is 2. The van der Waals surface area contributed by atoms with Gasteiger partial charge in [-0.3, -0.25) is 0 Å². The zero-order chi connectivity index (χ0) is 23.7. The lowest BCUT2D eigenvalue weighted by Crippen LogP contribution is -2.24. The quantitative estimate of drug-likeness (QED) is 0.299. The van der Waals surface area contributed by atoms with Crippen molar-refractivity contribution < 1.29 is 0 Å². The van der Waals surface area contributed by atoms with Gasteiger partial charge in [-0.25, -0.2) is 0 Å². The Labute approximate surface area is 207 Å². The molecule has 2 unspecified atom stereocenters. The van der Waals surface area contributed by atoms with E-state index >= 15 is 0 Å². The average molecular weight is 454 g/mol. The highest BCUT2D eigenvalue weighted by molar-refractivity contribution is 6.12. The Hall–Kier alpha value is -3.58. The molecule has 1 aliphatic heterocycles. The Balaban J connectivity index is 1.36. The van der Waals surface area contributed by atoms with Crippen LogP contribution in [0.5, 0.6) is 0 Å². The molecule has 0 radical (unpaired) electrons. The van der Waals surface area contributed by atoms with Crippen LogP contribution in [0.15, 0.2) is 90.7 Å². The number of benzene rings is 4. The summed E-state index contributed by atoms with van der Waals surface area (Å²) in [5.74, 6) is 1.05. The summed E-state index contributed by atoms with van der Waals surface area (Å²) < 4.78 is 0. The molecule has 0 spiro atoms. The molecule has 1 nitrogen and oxygen atoms in total. The Bertz CT molecular complexity index is 1610. The minimum Gasteiger partial charge on any atom is -0.358 e. The molecule has 1 N–H and O–H groups in total. The summed E-state index contributed by atoms with van der Waals surface area (Å²) in [4.78, 5) is 0. The summed E-state index contributed by atoms with van der Waals surface area (Å²) in [6, 6.07) is 22.7. The third-order valence-corrected chi connectivity index (χ3v) is 8.73. The fraction of sp³-hybridized carbons (Fsp3) is 0.235. The molecular formula is C34H31N. The number of anilines is 1.